The molecule has 2 unspecified atom stereocenters. The van der Waals surface area contributed by atoms with Crippen molar-refractivity contribution in [3.05, 3.63) is 53.5 Å². The number of rotatable bonds is 5. The lowest BCUT2D eigenvalue weighted by molar-refractivity contribution is 0.163. The highest BCUT2D eigenvalue weighted by molar-refractivity contribution is 5.38. The molecule has 3 rings (SSSR count). The second kappa shape index (κ2) is 5.71. The van der Waals surface area contributed by atoms with Crippen LogP contribution in [0.3, 0.4) is 0 Å². The Bertz CT molecular complexity index is 551. The zero-order valence-corrected chi connectivity index (χ0v) is 12.1. The Hall–Kier alpha value is -1.74. The molecule has 3 heteroatoms. The zero-order valence-electron chi connectivity index (χ0n) is 12.1. The molecule has 3 nitrogen and oxygen atoms in total. The number of fused-ring (bicyclic) bond motifs is 1. The minimum absolute atomic E-state index is 0.101. The van der Waals surface area contributed by atoms with E-state index in [1.54, 1.807) is 0 Å². The molecule has 2 heterocycles. The first-order valence-electron chi connectivity index (χ1n) is 7.32. The van der Waals surface area contributed by atoms with Crippen LogP contribution >= 0.6 is 0 Å². The zero-order chi connectivity index (χ0) is 13.9. The van der Waals surface area contributed by atoms with Gasteiger partial charge in [-0.2, -0.15) is 0 Å². The summed E-state index contributed by atoms with van der Waals surface area (Å²) in [5, 5.41) is 3.56. The smallest absolute Gasteiger partial charge is 0.125 e. The van der Waals surface area contributed by atoms with Gasteiger partial charge in [-0.25, -0.2) is 0 Å². The van der Waals surface area contributed by atoms with E-state index in [1.807, 2.05) is 25.1 Å². The van der Waals surface area contributed by atoms with Crippen LogP contribution in [0.4, 0.5) is 0 Å². The standard InChI is InChI=1S/C17H21NO2/c1-3-10-18-17(15-9-8-12(2)19-15)16-11-13-6-4-5-7-14(13)20-16/h4-9,16-18H,3,10-11H2,1-2H3. The molecule has 2 aromatic rings. The molecule has 106 valence electrons. The second-order valence-electron chi connectivity index (χ2n) is 5.35. The van der Waals surface area contributed by atoms with Gasteiger partial charge in [-0.1, -0.05) is 25.1 Å². The predicted molar refractivity (Wildman–Crippen MR) is 79.0 cm³/mol. The molecule has 0 bridgehead atoms. The maximum atomic E-state index is 6.11. The van der Waals surface area contributed by atoms with E-state index in [2.05, 4.69) is 30.4 Å². The first kappa shape index (κ1) is 13.3. The van der Waals surface area contributed by atoms with Gasteiger partial charge in [0.1, 0.15) is 29.4 Å². The molecule has 0 saturated heterocycles. The highest BCUT2D eigenvalue weighted by atomic mass is 16.5. The fourth-order valence-corrected chi connectivity index (χ4v) is 2.73. The van der Waals surface area contributed by atoms with Crippen molar-refractivity contribution in [1.29, 1.82) is 0 Å². The predicted octanol–water partition coefficient (Wildman–Crippen LogP) is 3.63. The molecule has 0 radical (unpaired) electrons. The van der Waals surface area contributed by atoms with E-state index in [1.165, 1.54) is 5.56 Å². The third-order valence-electron chi connectivity index (χ3n) is 3.73. The summed E-state index contributed by atoms with van der Waals surface area (Å²) in [5.41, 5.74) is 1.28. The summed E-state index contributed by atoms with van der Waals surface area (Å²) < 4.78 is 11.9. The second-order valence-corrected chi connectivity index (χ2v) is 5.35. The Kier molecular flexibility index (Phi) is 3.79. The Morgan fingerprint density at radius 3 is 2.80 bits per heavy atom. The Morgan fingerprint density at radius 1 is 1.25 bits per heavy atom. The normalized spacial score (nSPS) is 18.6. The number of para-hydroxylation sites is 1. The van der Waals surface area contributed by atoms with Crippen molar-refractivity contribution in [1.82, 2.24) is 5.32 Å². The fourth-order valence-electron chi connectivity index (χ4n) is 2.73. The molecular weight excluding hydrogens is 250 g/mol. The lowest BCUT2D eigenvalue weighted by Gasteiger charge is -2.22. The van der Waals surface area contributed by atoms with Gasteiger partial charge in [-0.15, -0.1) is 0 Å². The van der Waals surface area contributed by atoms with Crippen LogP contribution in [0.15, 0.2) is 40.8 Å². The van der Waals surface area contributed by atoms with E-state index in [4.69, 9.17) is 9.15 Å². The highest BCUT2D eigenvalue weighted by Crippen LogP contribution is 2.34. The Balaban J connectivity index is 1.81. The maximum Gasteiger partial charge on any atom is 0.125 e. The van der Waals surface area contributed by atoms with Gasteiger partial charge >= 0.3 is 0 Å². The summed E-state index contributed by atoms with van der Waals surface area (Å²) in [5.74, 6) is 2.91. The van der Waals surface area contributed by atoms with Gasteiger partial charge in [0.25, 0.3) is 0 Å². The topological polar surface area (TPSA) is 34.4 Å². The molecular formula is C17H21NO2. The molecule has 0 saturated carbocycles. The quantitative estimate of drug-likeness (QED) is 0.901. The number of nitrogens with one attached hydrogen (secondary N) is 1. The van der Waals surface area contributed by atoms with Crippen molar-refractivity contribution in [2.45, 2.75) is 38.8 Å². The van der Waals surface area contributed by atoms with Gasteiger partial charge in [-0.05, 0) is 43.7 Å². The minimum atomic E-state index is 0.101. The van der Waals surface area contributed by atoms with Crippen LogP contribution < -0.4 is 10.1 Å². The highest BCUT2D eigenvalue weighted by Gasteiger charge is 2.32. The van der Waals surface area contributed by atoms with Crippen molar-refractivity contribution in [2.75, 3.05) is 6.54 Å². The largest absolute Gasteiger partial charge is 0.488 e. The molecule has 1 aliphatic heterocycles. The molecule has 0 spiro atoms. The molecule has 1 aliphatic rings. The SMILES string of the molecule is CCCNC(c1ccc(C)o1)C1Cc2ccccc2O1. The Morgan fingerprint density at radius 2 is 2.10 bits per heavy atom. The van der Waals surface area contributed by atoms with Crippen molar-refractivity contribution < 1.29 is 9.15 Å². The number of hydrogen-bond donors (Lipinski definition) is 1. The summed E-state index contributed by atoms with van der Waals surface area (Å²) in [6.07, 6.45) is 2.12. The molecule has 1 aromatic carbocycles. The van der Waals surface area contributed by atoms with Crippen molar-refractivity contribution in [3.8, 4) is 5.75 Å². The third-order valence-corrected chi connectivity index (χ3v) is 3.73. The van der Waals surface area contributed by atoms with Crippen LogP contribution in [0.5, 0.6) is 5.75 Å². The summed E-state index contributed by atoms with van der Waals surface area (Å²) in [4.78, 5) is 0. The summed E-state index contributed by atoms with van der Waals surface area (Å²) in [7, 11) is 0. The first-order chi connectivity index (χ1) is 9.78. The number of ether oxygens (including phenoxy) is 1. The van der Waals surface area contributed by atoms with E-state index in [-0.39, 0.29) is 12.1 Å². The maximum absolute atomic E-state index is 6.11. The fraction of sp³-hybridized carbons (Fsp3) is 0.412. The molecule has 0 fully saturated rings. The minimum Gasteiger partial charge on any atom is -0.488 e. The molecule has 2 atom stereocenters. The van der Waals surface area contributed by atoms with Gasteiger partial charge in [-0.3, -0.25) is 0 Å². The number of furan rings is 1. The van der Waals surface area contributed by atoms with Crippen LogP contribution in [-0.4, -0.2) is 12.6 Å². The van der Waals surface area contributed by atoms with Crippen LogP contribution in [0.1, 0.15) is 36.5 Å². The third kappa shape index (κ3) is 2.59. The molecule has 1 N–H and O–H groups in total. The number of benzene rings is 1. The van der Waals surface area contributed by atoms with Crippen molar-refractivity contribution in [2.24, 2.45) is 0 Å². The van der Waals surface area contributed by atoms with Gasteiger partial charge < -0.3 is 14.5 Å². The average molecular weight is 271 g/mol. The van der Waals surface area contributed by atoms with E-state index in [0.29, 0.717) is 0 Å². The van der Waals surface area contributed by atoms with Gasteiger partial charge in [0, 0.05) is 6.42 Å². The van der Waals surface area contributed by atoms with E-state index in [0.717, 1.165) is 36.7 Å². The van der Waals surface area contributed by atoms with Crippen LogP contribution in [0.25, 0.3) is 0 Å². The first-order valence-corrected chi connectivity index (χ1v) is 7.32. The van der Waals surface area contributed by atoms with Gasteiger partial charge in [0.15, 0.2) is 0 Å². The van der Waals surface area contributed by atoms with Crippen LogP contribution in [0.2, 0.25) is 0 Å². The van der Waals surface area contributed by atoms with Crippen LogP contribution in [-0.2, 0) is 6.42 Å². The average Bonchev–Trinajstić information content (AvgIpc) is 3.05. The summed E-state index contributed by atoms with van der Waals surface area (Å²) in [6, 6.07) is 12.4. The molecule has 1 aromatic heterocycles. The number of aryl methyl sites for hydroxylation is 1. The summed E-state index contributed by atoms with van der Waals surface area (Å²) in [6.45, 7) is 5.10. The lowest BCUT2D eigenvalue weighted by atomic mass is 10.0. The monoisotopic (exact) mass is 271 g/mol. The van der Waals surface area contributed by atoms with Crippen LogP contribution in [0, 0.1) is 6.92 Å². The number of hydrogen-bond acceptors (Lipinski definition) is 3. The van der Waals surface area contributed by atoms with Crippen molar-refractivity contribution in [3.63, 3.8) is 0 Å². The Labute approximate surface area is 119 Å². The molecule has 20 heavy (non-hydrogen) atoms. The van der Waals surface area contributed by atoms with Gasteiger partial charge in [0.2, 0.25) is 0 Å². The molecule has 0 aliphatic carbocycles. The van der Waals surface area contributed by atoms with Gasteiger partial charge in [0.05, 0.1) is 0 Å². The molecule has 0 amide bonds. The van der Waals surface area contributed by atoms with E-state index < -0.39 is 0 Å². The van der Waals surface area contributed by atoms with E-state index in [9.17, 15) is 0 Å². The van der Waals surface area contributed by atoms with E-state index >= 15 is 0 Å². The summed E-state index contributed by atoms with van der Waals surface area (Å²) >= 11 is 0. The lowest BCUT2D eigenvalue weighted by Crippen LogP contribution is -2.35. The van der Waals surface area contributed by atoms with Crippen molar-refractivity contribution >= 4 is 0 Å².